The van der Waals surface area contributed by atoms with Crippen molar-refractivity contribution in [3.8, 4) is 11.6 Å². The van der Waals surface area contributed by atoms with Crippen LogP contribution in [0.3, 0.4) is 0 Å². The molecule has 114 valence electrons. The molecule has 1 aromatic carbocycles. The van der Waals surface area contributed by atoms with Crippen LogP contribution in [0.4, 0.5) is 0 Å². The van der Waals surface area contributed by atoms with E-state index in [-0.39, 0.29) is 0 Å². The topological polar surface area (TPSA) is 39.1 Å². The Morgan fingerprint density at radius 2 is 1.86 bits per heavy atom. The Kier molecular flexibility index (Phi) is 5.38. The Morgan fingerprint density at radius 1 is 1.19 bits per heavy atom. The van der Waals surface area contributed by atoms with Crippen LogP contribution < -0.4 is 10.1 Å². The molecule has 1 aromatic heterocycles. The number of halogens is 3. The maximum Gasteiger partial charge on any atom is 0.222 e. The first-order valence-corrected chi connectivity index (χ1v) is 7.63. The molecular formula is C14H16Cl3N3O. The number of aryl methyl sites for hydroxylation is 2. The largest absolute Gasteiger partial charge is 0.437 e. The van der Waals surface area contributed by atoms with Crippen LogP contribution >= 0.6 is 34.8 Å². The Balaban J connectivity index is 2.37. The summed E-state index contributed by atoms with van der Waals surface area (Å²) in [6, 6.07) is 3.17. The third-order valence-electron chi connectivity index (χ3n) is 3.02. The lowest BCUT2D eigenvalue weighted by Gasteiger charge is -2.11. The van der Waals surface area contributed by atoms with Gasteiger partial charge in [0.05, 0.1) is 26.3 Å². The highest BCUT2D eigenvalue weighted by Crippen LogP contribution is 2.37. The normalized spacial score (nSPS) is 11.0. The molecule has 1 heterocycles. The van der Waals surface area contributed by atoms with Crippen LogP contribution in [0.2, 0.25) is 15.1 Å². The number of hydrogen-bond donors (Lipinski definition) is 1. The van der Waals surface area contributed by atoms with E-state index in [2.05, 4.69) is 10.4 Å². The lowest BCUT2D eigenvalue weighted by Crippen LogP contribution is -2.12. The number of nitrogens with one attached hydrogen (secondary N) is 1. The van der Waals surface area contributed by atoms with Gasteiger partial charge < -0.3 is 10.1 Å². The minimum Gasteiger partial charge on any atom is -0.437 e. The molecule has 0 aliphatic rings. The van der Waals surface area contributed by atoms with Gasteiger partial charge in [-0.1, -0.05) is 41.7 Å². The molecular weight excluding hydrogens is 333 g/mol. The summed E-state index contributed by atoms with van der Waals surface area (Å²) in [4.78, 5) is 0. The highest BCUT2D eigenvalue weighted by Gasteiger charge is 2.17. The van der Waals surface area contributed by atoms with Gasteiger partial charge in [-0.25, -0.2) is 4.68 Å². The highest BCUT2D eigenvalue weighted by molar-refractivity contribution is 6.43. The molecule has 0 aliphatic carbocycles. The van der Waals surface area contributed by atoms with Crippen LogP contribution in [0, 0.1) is 6.92 Å². The number of nitrogens with zero attached hydrogens (tertiary/aromatic N) is 2. The van der Waals surface area contributed by atoms with E-state index in [9.17, 15) is 0 Å². The fraction of sp³-hybridized carbons (Fsp3) is 0.357. The molecule has 0 atom stereocenters. The molecule has 0 bridgehead atoms. The molecule has 21 heavy (non-hydrogen) atoms. The smallest absolute Gasteiger partial charge is 0.222 e. The first-order valence-electron chi connectivity index (χ1n) is 6.49. The molecule has 2 rings (SSSR count). The highest BCUT2D eigenvalue weighted by atomic mass is 35.5. The van der Waals surface area contributed by atoms with Gasteiger partial charge in [-0.05, 0) is 19.5 Å². The summed E-state index contributed by atoms with van der Waals surface area (Å²) in [7, 11) is 1.82. The third-order valence-corrected chi connectivity index (χ3v) is 4.04. The number of hydrogen-bond acceptors (Lipinski definition) is 3. The minimum absolute atomic E-state index is 0.392. The van der Waals surface area contributed by atoms with Crippen molar-refractivity contribution >= 4 is 34.8 Å². The van der Waals surface area contributed by atoms with Gasteiger partial charge in [-0.15, -0.1) is 0 Å². The summed E-state index contributed by atoms with van der Waals surface area (Å²) in [6.45, 7) is 5.52. The average Bonchev–Trinajstić information content (AvgIpc) is 2.68. The van der Waals surface area contributed by atoms with Crippen LogP contribution in [0.1, 0.15) is 18.2 Å². The van der Waals surface area contributed by atoms with E-state index < -0.39 is 0 Å². The van der Waals surface area contributed by atoms with Crippen LogP contribution in [0.5, 0.6) is 11.6 Å². The van der Waals surface area contributed by atoms with Crippen LogP contribution in [0.15, 0.2) is 12.1 Å². The standard InChI is InChI=1S/C14H16Cl3N3O/c1-4-18-7-9-8(2)19-20(3)14(9)21-13-6-11(16)10(15)5-12(13)17/h5-6,18H,4,7H2,1-3H3. The quantitative estimate of drug-likeness (QED) is 0.803. The molecule has 7 heteroatoms. The van der Waals surface area contributed by atoms with Crippen molar-refractivity contribution < 1.29 is 4.74 Å². The van der Waals surface area contributed by atoms with Gasteiger partial charge in [0.15, 0.2) is 0 Å². The molecule has 2 aromatic rings. The summed E-state index contributed by atoms with van der Waals surface area (Å²) in [5, 5.41) is 8.83. The van der Waals surface area contributed by atoms with E-state index in [0.717, 1.165) is 17.8 Å². The average molecular weight is 349 g/mol. The van der Waals surface area contributed by atoms with E-state index in [1.165, 1.54) is 0 Å². The zero-order valence-electron chi connectivity index (χ0n) is 12.0. The molecule has 0 saturated carbocycles. The molecule has 0 aliphatic heterocycles. The molecule has 4 nitrogen and oxygen atoms in total. The first kappa shape index (κ1) is 16.4. The Bertz CT molecular complexity index is 655. The zero-order valence-corrected chi connectivity index (χ0v) is 14.3. The summed E-state index contributed by atoms with van der Waals surface area (Å²) in [5.74, 6) is 1.08. The van der Waals surface area contributed by atoms with Crippen molar-refractivity contribution in [2.24, 2.45) is 7.05 Å². The third kappa shape index (κ3) is 3.64. The predicted molar refractivity (Wildman–Crippen MR) is 86.9 cm³/mol. The van der Waals surface area contributed by atoms with Gasteiger partial charge in [0.25, 0.3) is 0 Å². The van der Waals surface area contributed by atoms with Gasteiger partial charge in [0.2, 0.25) is 5.88 Å². The van der Waals surface area contributed by atoms with Gasteiger partial charge in [-0.2, -0.15) is 5.10 Å². The summed E-state index contributed by atoms with van der Waals surface area (Å²) < 4.78 is 7.59. The maximum atomic E-state index is 6.15. The van der Waals surface area contributed by atoms with Crippen molar-refractivity contribution in [3.63, 3.8) is 0 Å². The first-order chi connectivity index (χ1) is 9.93. The maximum absolute atomic E-state index is 6.15. The van der Waals surface area contributed by atoms with Gasteiger partial charge in [0.1, 0.15) is 5.75 Å². The molecule has 1 N–H and O–H groups in total. The molecule has 0 amide bonds. The summed E-state index contributed by atoms with van der Waals surface area (Å²) in [6.07, 6.45) is 0. The van der Waals surface area contributed by atoms with Gasteiger partial charge in [0, 0.05) is 19.7 Å². The Morgan fingerprint density at radius 3 is 2.52 bits per heavy atom. The second kappa shape index (κ2) is 6.88. The van der Waals surface area contributed by atoms with E-state index in [0.29, 0.717) is 33.2 Å². The number of aromatic nitrogens is 2. The van der Waals surface area contributed by atoms with Gasteiger partial charge >= 0.3 is 0 Å². The van der Waals surface area contributed by atoms with E-state index in [4.69, 9.17) is 39.5 Å². The van der Waals surface area contributed by atoms with E-state index >= 15 is 0 Å². The SMILES string of the molecule is CCNCc1c(C)nn(C)c1Oc1cc(Cl)c(Cl)cc1Cl. The minimum atomic E-state index is 0.392. The number of ether oxygens (including phenoxy) is 1. The zero-order chi connectivity index (χ0) is 15.6. The van der Waals surface area contributed by atoms with Gasteiger partial charge in [-0.3, -0.25) is 0 Å². The predicted octanol–water partition coefficient (Wildman–Crippen LogP) is 4.59. The van der Waals surface area contributed by atoms with E-state index in [1.807, 2.05) is 20.9 Å². The number of rotatable bonds is 5. The molecule has 0 fully saturated rings. The summed E-state index contributed by atoms with van der Waals surface area (Å²) >= 11 is 18.1. The second-order valence-electron chi connectivity index (χ2n) is 4.57. The molecule has 0 saturated heterocycles. The van der Waals surface area contributed by atoms with Crippen LogP contribution in [0.25, 0.3) is 0 Å². The number of benzene rings is 1. The lowest BCUT2D eigenvalue weighted by atomic mass is 10.2. The van der Waals surface area contributed by atoms with Crippen LogP contribution in [-0.2, 0) is 13.6 Å². The Labute approximate surface area is 138 Å². The monoisotopic (exact) mass is 347 g/mol. The van der Waals surface area contributed by atoms with Crippen molar-refractivity contribution in [1.82, 2.24) is 15.1 Å². The Hall–Kier alpha value is -0.940. The van der Waals surface area contributed by atoms with Crippen molar-refractivity contribution in [2.75, 3.05) is 6.54 Å². The van der Waals surface area contributed by atoms with Crippen molar-refractivity contribution in [1.29, 1.82) is 0 Å². The lowest BCUT2D eigenvalue weighted by molar-refractivity contribution is 0.424. The van der Waals surface area contributed by atoms with E-state index in [1.54, 1.807) is 16.8 Å². The van der Waals surface area contributed by atoms with Crippen molar-refractivity contribution in [3.05, 3.63) is 38.5 Å². The molecule has 0 unspecified atom stereocenters. The second-order valence-corrected chi connectivity index (χ2v) is 5.79. The van der Waals surface area contributed by atoms with Crippen molar-refractivity contribution in [2.45, 2.75) is 20.4 Å². The molecule has 0 spiro atoms. The molecule has 0 radical (unpaired) electrons. The fourth-order valence-electron chi connectivity index (χ4n) is 1.95. The fourth-order valence-corrected chi connectivity index (χ4v) is 2.52. The van der Waals surface area contributed by atoms with Crippen LogP contribution in [-0.4, -0.2) is 16.3 Å². The summed E-state index contributed by atoms with van der Waals surface area (Å²) in [5.41, 5.74) is 1.89.